The Hall–Kier alpha value is -7.32. The van der Waals surface area contributed by atoms with Gasteiger partial charge in [-0.1, -0.05) is 60.7 Å². The number of nitrogens with two attached hydrogens (primary N) is 2. The molecule has 0 radical (unpaired) electrons. The Balaban J connectivity index is 1.69. The van der Waals surface area contributed by atoms with Gasteiger partial charge in [-0.3, -0.25) is 43.8 Å². The van der Waals surface area contributed by atoms with Gasteiger partial charge in [0.25, 0.3) is 0 Å². The van der Waals surface area contributed by atoms with Crippen LogP contribution in [0, 0.1) is 5.41 Å². The number of imidazole rings is 1. The maximum Gasteiger partial charge on any atom is 0.243 e. The summed E-state index contributed by atoms with van der Waals surface area (Å²) in [5.41, 5.74) is 12.6. The van der Waals surface area contributed by atoms with Gasteiger partial charge in [0, 0.05) is 45.0 Å². The molecule has 5 atom stereocenters. The molecule has 2 aromatic carbocycles. The van der Waals surface area contributed by atoms with Crippen LogP contribution in [0.3, 0.4) is 0 Å². The number of carbonyl (C=O) groups is 8. The highest BCUT2D eigenvalue weighted by Gasteiger charge is 2.33. The number of carbonyl (C=O) groups excluding carboxylic acids is 8. The first-order valence-electron chi connectivity index (χ1n) is 20.2. The average molecular weight is 858 g/mol. The Morgan fingerprint density at radius 2 is 1.39 bits per heavy atom. The van der Waals surface area contributed by atoms with Gasteiger partial charge in [0.15, 0.2) is 5.96 Å². The second-order valence-electron chi connectivity index (χ2n) is 14.6. The third-order valence-electron chi connectivity index (χ3n) is 9.76. The van der Waals surface area contributed by atoms with E-state index in [2.05, 4.69) is 52.5 Å². The molecule has 8 amide bonds. The summed E-state index contributed by atoms with van der Waals surface area (Å²) in [5.74, 6) is -6.14. The van der Waals surface area contributed by atoms with Crippen LogP contribution in [0.2, 0.25) is 0 Å². The SMILES string of the molecule is N=C(N)NCCC[C@@H]1NC(=O)[C@@H](Cc2ccccc2)NC(=O)[C@H](Cc2c[nH]cn2)NC(=O)[C@@H](NC(=O)CCc2ccccc2)CCC(=O)NCC[C@@H](C(=O)NCC(N)=O)NC1=O. The van der Waals surface area contributed by atoms with Crippen LogP contribution in [0.15, 0.2) is 73.2 Å². The number of nitrogens with one attached hydrogen (secondary N) is 10. The van der Waals surface area contributed by atoms with E-state index in [9.17, 15) is 38.4 Å². The molecule has 14 N–H and O–H groups in total. The highest BCUT2D eigenvalue weighted by Crippen LogP contribution is 2.10. The summed E-state index contributed by atoms with van der Waals surface area (Å²) < 4.78 is 0. The lowest BCUT2D eigenvalue weighted by Gasteiger charge is -2.27. The third-order valence-corrected chi connectivity index (χ3v) is 9.76. The van der Waals surface area contributed by atoms with E-state index >= 15 is 0 Å². The van der Waals surface area contributed by atoms with Gasteiger partial charge in [-0.2, -0.15) is 0 Å². The van der Waals surface area contributed by atoms with Gasteiger partial charge in [-0.15, -0.1) is 0 Å². The number of aryl methyl sites for hydroxylation is 1. The number of rotatable bonds is 15. The molecule has 2 heterocycles. The Labute approximate surface area is 358 Å². The minimum atomic E-state index is -1.34. The number of aromatic nitrogens is 2. The molecule has 0 aliphatic carbocycles. The molecule has 21 nitrogen and oxygen atoms in total. The molecule has 1 aliphatic rings. The van der Waals surface area contributed by atoms with Crippen molar-refractivity contribution in [3.63, 3.8) is 0 Å². The number of guanidine groups is 1. The maximum absolute atomic E-state index is 14.3. The van der Waals surface area contributed by atoms with Crippen LogP contribution in [0.5, 0.6) is 0 Å². The van der Waals surface area contributed by atoms with Crippen molar-refractivity contribution in [1.82, 2.24) is 52.5 Å². The first kappa shape index (κ1) is 47.4. The number of amides is 8. The lowest BCUT2D eigenvalue weighted by molar-refractivity contribution is -0.135. The van der Waals surface area contributed by atoms with Crippen molar-refractivity contribution in [2.75, 3.05) is 19.6 Å². The summed E-state index contributed by atoms with van der Waals surface area (Å²) in [6, 6.07) is 11.4. The fourth-order valence-electron chi connectivity index (χ4n) is 6.49. The monoisotopic (exact) mass is 857 g/mol. The van der Waals surface area contributed by atoms with E-state index in [0.29, 0.717) is 17.7 Å². The van der Waals surface area contributed by atoms with E-state index in [0.717, 1.165) is 5.56 Å². The number of primary amides is 1. The maximum atomic E-state index is 14.3. The first-order valence-corrected chi connectivity index (χ1v) is 20.2. The van der Waals surface area contributed by atoms with Gasteiger partial charge in [0.1, 0.15) is 30.2 Å². The smallest absolute Gasteiger partial charge is 0.243 e. The van der Waals surface area contributed by atoms with Crippen LogP contribution in [0.25, 0.3) is 0 Å². The van der Waals surface area contributed by atoms with E-state index in [1.807, 2.05) is 30.3 Å². The molecule has 0 bridgehead atoms. The van der Waals surface area contributed by atoms with Gasteiger partial charge in [-0.05, 0) is 43.2 Å². The minimum absolute atomic E-state index is 0.0204. The molecule has 21 heteroatoms. The molecule has 0 spiro atoms. The summed E-state index contributed by atoms with van der Waals surface area (Å²) in [4.78, 5) is 115. The van der Waals surface area contributed by atoms with E-state index in [1.165, 1.54) is 12.5 Å². The second-order valence-corrected chi connectivity index (χ2v) is 14.6. The molecule has 62 heavy (non-hydrogen) atoms. The average Bonchev–Trinajstić information content (AvgIpc) is 3.77. The number of H-pyrrole nitrogens is 1. The van der Waals surface area contributed by atoms with Crippen molar-refractivity contribution in [1.29, 1.82) is 5.41 Å². The lowest BCUT2D eigenvalue weighted by atomic mass is 10.0. The van der Waals surface area contributed by atoms with Crippen molar-refractivity contribution in [2.24, 2.45) is 11.5 Å². The van der Waals surface area contributed by atoms with Crippen molar-refractivity contribution in [3.05, 3.63) is 90.0 Å². The quantitative estimate of drug-likeness (QED) is 0.0428. The van der Waals surface area contributed by atoms with Gasteiger partial charge in [-0.25, -0.2) is 4.98 Å². The zero-order valence-electron chi connectivity index (χ0n) is 34.2. The van der Waals surface area contributed by atoms with Crippen molar-refractivity contribution < 1.29 is 38.4 Å². The Kier molecular flexibility index (Phi) is 18.9. The Morgan fingerprint density at radius 3 is 2.03 bits per heavy atom. The van der Waals surface area contributed by atoms with E-state index in [1.54, 1.807) is 30.3 Å². The van der Waals surface area contributed by atoms with Crippen LogP contribution in [-0.2, 0) is 57.6 Å². The van der Waals surface area contributed by atoms with Crippen LogP contribution in [-0.4, -0.2) is 113 Å². The van der Waals surface area contributed by atoms with Crippen LogP contribution in [0.1, 0.15) is 55.3 Å². The van der Waals surface area contributed by atoms with E-state index < -0.39 is 84.0 Å². The number of hydrogen-bond acceptors (Lipinski definition) is 10. The molecule has 3 aromatic rings. The fraction of sp³-hybridized carbons (Fsp3) is 0.415. The Bertz CT molecular complexity index is 2000. The molecule has 0 saturated carbocycles. The topological polar surface area (TPSA) is 337 Å². The molecule has 4 rings (SSSR count). The van der Waals surface area contributed by atoms with Gasteiger partial charge < -0.3 is 59.0 Å². The van der Waals surface area contributed by atoms with Crippen molar-refractivity contribution >= 4 is 53.2 Å². The van der Waals surface area contributed by atoms with Gasteiger partial charge in [0.05, 0.1) is 18.6 Å². The molecule has 1 aliphatic heterocycles. The number of benzene rings is 2. The molecular formula is C41H55N13O8. The summed E-state index contributed by atoms with van der Waals surface area (Å²) in [7, 11) is 0. The normalized spacial score (nSPS) is 20.6. The predicted octanol–water partition coefficient (Wildman–Crippen LogP) is -2.58. The lowest BCUT2D eigenvalue weighted by Crippen LogP contribution is -2.60. The number of aromatic amines is 1. The minimum Gasteiger partial charge on any atom is -0.370 e. The van der Waals surface area contributed by atoms with E-state index in [-0.39, 0.29) is 70.4 Å². The largest absolute Gasteiger partial charge is 0.370 e. The zero-order chi connectivity index (χ0) is 44.9. The summed E-state index contributed by atoms with van der Waals surface area (Å²) in [6.45, 7) is -0.551. The molecule has 0 unspecified atom stereocenters. The van der Waals surface area contributed by atoms with Crippen molar-refractivity contribution in [2.45, 2.75) is 88.0 Å². The van der Waals surface area contributed by atoms with Gasteiger partial charge >= 0.3 is 0 Å². The summed E-state index contributed by atoms with van der Waals surface area (Å²) in [5, 5.41) is 28.5. The summed E-state index contributed by atoms with van der Waals surface area (Å²) >= 11 is 0. The van der Waals surface area contributed by atoms with Crippen LogP contribution in [0.4, 0.5) is 0 Å². The van der Waals surface area contributed by atoms with Crippen LogP contribution >= 0.6 is 0 Å². The number of nitrogens with zero attached hydrogens (tertiary/aromatic N) is 1. The first-order chi connectivity index (χ1) is 29.8. The predicted molar refractivity (Wildman–Crippen MR) is 225 cm³/mol. The summed E-state index contributed by atoms with van der Waals surface area (Å²) in [6.07, 6.45) is 2.69. The Morgan fingerprint density at radius 1 is 0.758 bits per heavy atom. The van der Waals surface area contributed by atoms with Crippen LogP contribution < -0.4 is 54.0 Å². The molecule has 1 fully saturated rings. The zero-order valence-corrected chi connectivity index (χ0v) is 34.2. The third kappa shape index (κ3) is 16.7. The second kappa shape index (κ2) is 24.7. The van der Waals surface area contributed by atoms with Crippen molar-refractivity contribution in [3.8, 4) is 0 Å². The molecular weight excluding hydrogens is 803 g/mol. The van der Waals surface area contributed by atoms with Gasteiger partial charge in [0.2, 0.25) is 47.3 Å². The molecule has 1 saturated heterocycles. The highest BCUT2D eigenvalue weighted by atomic mass is 16.2. The highest BCUT2D eigenvalue weighted by molar-refractivity contribution is 5.97. The van der Waals surface area contributed by atoms with E-state index in [4.69, 9.17) is 16.9 Å². The molecule has 332 valence electrons. The number of hydrogen-bond donors (Lipinski definition) is 12. The fourth-order valence-corrected chi connectivity index (χ4v) is 6.49. The standard InChI is InChI=1S/C41H55N13O8/c42-33(55)23-48-36(58)30-17-19-46-34(56)16-14-29(50-35(57)15-13-25-8-3-1-4-9-25)38(60)54-32(21-27-22-45-24-49-27)40(62)53-31(20-26-10-5-2-6-11-26)39(61)51-28(37(59)52-30)12-7-18-47-41(43)44/h1-6,8-11,22,24,28-32H,7,12-21,23H2,(H2,42,55)(H,45,49)(H,46,56)(H,48,58)(H,50,57)(H,51,61)(H,52,59)(H,53,62)(H,54,60)(H4,43,44,47)/t28-,29-,30-,31+,32-/m0/s1. The molecule has 1 aromatic heterocycles.